The highest BCUT2D eigenvalue weighted by Crippen LogP contribution is 2.13. The van der Waals surface area contributed by atoms with Crippen molar-refractivity contribution in [2.75, 3.05) is 6.61 Å². The molecule has 1 aromatic carbocycles. The zero-order chi connectivity index (χ0) is 11.8. The van der Waals surface area contributed by atoms with E-state index in [1.807, 2.05) is 24.3 Å². The molecule has 0 aliphatic carbocycles. The van der Waals surface area contributed by atoms with Gasteiger partial charge in [0.15, 0.2) is 0 Å². The molecule has 0 aliphatic heterocycles. The van der Waals surface area contributed by atoms with E-state index in [0.717, 1.165) is 30.6 Å². The molecule has 0 unspecified atom stereocenters. The summed E-state index contributed by atoms with van der Waals surface area (Å²) in [4.78, 5) is 0.558. The van der Waals surface area contributed by atoms with Crippen molar-refractivity contribution in [2.45, 2.75) is 25.9 Å². The molecular weight excluding hydrogens is 222 g/mol. The van der Waals surface area contributed by atoms with E-state index in [2.05, 4.69) is 0 Å². The van der Waals surface area contributed by atoms with Crippen molar-refractivity contribution >= 4 is 17.2 Å². The van der Waals surface area contributed by atoms with E-state index >= 15 is 0 Å². The Balaban J connectivity index is 2.23. The standard InChI is InChI=1S/C12H17NO2S/c13-12(16)6-1-2-7-15-11-5-3-4-10(8-11)9-14/h3-5,8,14H,1-2,6-7,9H2,(H2,13,16). The Morgan fingerprint density at radius 1 is 1.38 bits per heavy atom. The van der Waals surface area contributed by atoms with Crippen LogP contribution in [0.1, 0.15) is 24.8 Å². The van der Waals surface area contributed by atoms with E-state index in [0.29, 0.717) is 11.6 Å². The lowest BCUT2D eigenvalue weighted by Gasteiger charge is -2.06. The molecule has 0 amide bonds. The van der Waals surface area contributed by atoms with Gasteiger partial charge in [-0.1, -0.05) is 24.4 Å². The minimum absolute atomic E-state index is 0.0403. The third-order valence-electron chi connectivity index (χ3n) is 2.17. The largest absolute Gasteiger partial charge is 0.494 e. The molecule has 0 atom stereocenters. The SMILES string of the molecule is NC(=S)CCCCOc1cccc(CO)c1. The first-order valence-corrected chi connectivity index (χ1v) is 5.74. The minimum atomic E-state index is 0.0403. The summed E-state index contributed by atoms with van der Waals surface area (Å²) >= 11 is 4.78. The van der Waals surface area contributed by atoms with Crippen LogP contribution in [-0.4, -0.2) is 16.7 Å². The Morgan fingerprint density at radius 3 is 2.88 bits per heavy atom. The summed E-state index contributed by atoms with van der Waals surface area (Å²) in [5, 5.41) is 8.95. The molecule has 88 valence electrons. The number of aliphatic hydroxyl groups is 1. The molecule has 0 fully saturated rings. The molecule has 0 radical (unpaired) electrons. The summed E-state index contributed by atoms with van der Waals surface area (Å²) in [5.74, 6) is 0.793. The fourth-order valence-electron chi connectivity index (χ4n) is 1.32. The number of hydrogen-bond acceptors (Lipinski definition) is 3. The molecule has 1 aromatic rings. The Kier molecular flexibility index (Phi) is 5.82. The van der Waals surface area contributed by atoms with Gasteiger partial charge in [0.25, 0.3) is 0 Å². The van der Waals surface area contributed by atoms with E-state index in [4.69, 9.17) is 27.8 Å². The molecule has 0 saturated carbocycles. The van der Waals surface area contributed by atoms with E-state index in [1.165, 1.54) is 0 Å². The third kappa shape index (κ3) is 5.09. The quantitative estimate of drug-likeness (QED) is 0.564. The summed E-state index contributed by atoms with van der Waals surface area (Å²) in [6, 6.07) is 7.45. The summed E-state index contributed by atoms with van der Waals surface area (Å²) < 4.78 is 5.54. The van der Waals surface area contributed by atoms with Gasteiger partial charge >= 0.3 is 0 Å². The van der Waals surface area contributed by atoms with Crippen LogP contribution in [0.4, 0.5) is 0 Å². The van der Waals surface area contributed by atoms with E-state index in [9.17, 15) is 0 Å². The van der Waals surface area contributed by atoms with E-state index in [-0.39, 0.29) is 6.61 Å². The lowest BCUT2D eigenvalue weighted by molar-refractivity contribution is 0.278. The summed E-state index contributed by atoms with van der Waals surface area (Å²) in [6.45, 7) is 0.691. The first kappa shape index (κ1) is 12.9. The van der Waals surface area contributed by atoms with Gasteiger partial charge in [0.2, 0.25) is 0 Å². The highest BCUT2D eigenvalue weighted by Gasteiger charge is 1.96. The molecule has 3 nitrogen and oxygen atoms in total. The average Bonchev–Trinajstić information content (AvgIpc) is 2.28. The zero-order valence-electron chi connectivity index (χ0n) is 9.19. The highest BCUT2D eigenvalue weighted by atomic mass is 32.1. The van der Waals surface area contributed by atoms with Crippen molar-refractivity contribution in [1.82, 2.24) is 0 Å². The molecule has 0 heterocycles. The van der Waals surface area contributed by atoms with Gasteiger partial charge in [-0.05, 0) is 37.0 Å². The minimum Gasteiger partial charge on any atom is -0.494 e. The van der Waals surface area contributed by atoms with Crippen LogP contribution in [0.2, 0.25) is 0 Å². The predicted octanol–water partition coefficient (Wildman–Crippen LogP) is 2.01. The van der Waals surface area contributed by atoms with Crippen LogP contribution in [-0.2, 0) is 6.61 Å². The fraction of sp³-hybridized carbons (Fsp3) is 0.417. The first-order valence-electron chi connectivity index (χ1n) is 5.33. The summed E-state index contributed by atoms with van der Waals surface area (Å²) in [5.41, 5.74) is 6.25. The highest BCUT2D eigenvalue weighted by molar-refractivity contribution is 7.80. The molecule has 0 aromatic heterocycles. The lowest BCUT2D eigenvalue weighted by atomic mass is 10.2. The Morgan fingerprint density at radius 2 is 2.19 bits per heavy atom. The number of hydrogen-bond donors (Lipinski definition) is 2. The van der Waals surface area contributed by atoms with Gasteiger partial charge < -0.3 is 15.6 Å². The van der Waals surface area contributed by atoms with Gasteiger partial charge in [-0.2, -0.15) is 0 Å². The number of benzene rings is 1. The summed E-state index contributed by atoms with van der Waals surface area (Å²) in [7, 11) is 0. The molecule has 0 saturated heterocycles. The maximum Gasteiger partial charge on any atom is 0.119 e. The topological polar surface area (TPSA) is 55.5 Å². The van der Waals surface area contributed by atoms with Gasteiger partial charge in [-0.25, -0.2) is 0 Å². The van der Waals surface area contributed by atoms with Crippen molar-refractivity contribution in [3.63, 3.8) is 0 Å². The van der Waals surface area contributed by atoms with Gasteiger partial charge in [0, 0.05) is 0 Å². The predicted molar refractivity (Wildman–Crippen MR) is 68.5 cm³/mol. The van der Waals surface area contributed by atoms with E-state index < -0.39 is 0 Å². The van der Waals surface area contributed by atoms with Crippen LogP contribution in [0.5, 0.6) is 5.75 Å². The van der Waals surface area contributed by atoms with Gasteiger partial charge in [-0.15, -0.1) is 0 Å². The van der Waals surface area contributed by atoms with Crippen molar-refractivity contribution in [3.8, 4) is 5.75 Å². The molecular formula is C12H17NO2S. The van der Waals surface area contributed by atoms with Crippen molar-refractivity contribution in [1.29, 1.82) is 0 Å². The van der Waals surface area contributed by atoms with Crippen LogP contribution in [0, 0.1) is 0 Å². The Labute approximate surface area is 101 Å². The molecule has 1 rings (SSSR count). The number of ether oxygens (including phenoxy) is 1. The lowest BCUT2D eigenvalue weighted by Crippen LogP contribution is -2.08. The van der Waals surface area contributed by atoms with Crippen LogP contribution >= 0.6 is 12.2 Å². The number of rotatable bonds is 7. The third-order valence-corrected chi connectivity index (χ3v) is 2.37. The smallest absolute Gasteiger partial charge is 0.119 e. The maximum absolute atomic E-state index is 8.95. The van der Waals surface area contributed by atoms with Gasteiger partial charge in [0.1, 0.15) is 5.75 Å². The normalized spacial score (nSPS) is 10.1. The van der Waals surface area contributed by atoms with Crippen molar-refractivity contribution in [2.24, 2.45) is 5.73 Å². The molecule has 16 heavy (non-hydrogen) atoms. The van der Waals surface area contributed by atoms with Crippen LogP contribution < -0.4 is 10.5 Å². The van der Waals surface area contributed by atoms with Crippen LogP contribution in [0.25, 0.3) is 0 Å². The van der Waals surface area contributed by atoms with Crippen molar-refractivity contribution < 1.29 is 9.84 Å². The van der Waals surface area contributed by atoms with Gasteiger partial charge in [0.05, 0.1) is 18.2 Å². The van der Waals surface area contributed by atoms with Crippen molar-refractivity contribution in [3.05, 3.63) is 29.8 Å². The maximum atomic E-state index is 8.95. The molecule has 3 N–H and O–H groups in total. The number of unbranched alkanes of at least 4 members (excludes halogenated alkanes) is 1. The van der Waals surface area contributed by atoms with Gasteiger partial charge in [-0.3, -0.25) is 0 Å². The molecule has 0 spiro atoms. The number of thiocarbonyl (C=S) groups is 1. The molecule has 0 aliphatic rings. The monoisotopic (exact) mass is 239 g/mol. The molecule has 4 heteroatoms. The number of aliphatic hydroxyl groups excluding tert-OH is 1. The second kappa shape index (κ2) is 7.19. The fourth-order valence-corrected chi connectivity index (χ4v) is 1.47. The summed E-state index contributed by atoms with van der Waals surface area (Å²) in [6.07, 6.45) is 2.66. The second-order valence-electron chi connectivity index (χ2n) is 3.58. The Bertz CT molecular complexity index is 342. The Hall–Kier alpha value is -1.13. The zero-order valence-corrected chi connectivity index (χ0v) is 10.0. The number of nitrogens with two attached hydrogens (primary N) is 1. The average molecular weight is 239 g/mol. The van der Waals surface area contributed by atoms with Crippen LogP contribution in [0.15, 0.2) is 24.3 Å². The second-order valence-corrected chi connectivity index (χ2v) is 4.10. The molecule has 0 bridgehead atoms. The van der Waals surface area contributed by atoms with E-state index in [1.54, 1.807) is 0 Å². The van der Waals surface area contributed by atoms with Crippen LogP contribution in [0.3, 0.4) is 0 Å². The first-order chi connectivity index (χ1) is 7.72.